The molecule has 0 saturated carbocycles. The van der Waals surface area contributed by atoms with Gasteiger partial charge in [0.05, 0.1) is 12.6 Å². The van der Waals surface area contributed by atoms with E-state index in [1.165, 1.54) is 5.56 Å². The number of ether oxygens (including phenoxy) is 2. The van der Waals surface area contributed by atoms with E-state index in [0.29, 0.717) is 6.61 Å². The fourth-order valence-corrected chi connectivity index (χ4v) is 2.33. The second kappa shape index (κ2) is 5.33. The molecule has 0 aromatic heterocycles. The highest BCUT2D eigenvalue weighted by Crippen LogP contribution is 2.32. The van der Waals surface area contributed by atoms with E-state index in [1.54, 1.807) is 0 Å². The second-order valence-corrected chi connectivity index (χ2v) is 4.66. The minimum atomic E-state index is -0.173. The maximum atomic E-state index is 6.21. The zero-order chi connectivity index (χ0) is 13.1. The molecule has 0 aliphatic carbocycles. The maximum absolute atomic E-state index is 6.21. The lowest BCUT2D eigenvalue weighted by Gasteiger charge is -2.16. The first-order valence-corrected chi connectivity index (χ1v) is 6.52. The van der Waals surface area contributed by atoms with E-state index < -0.39 is 0 Å². The Labute approximate surface area is 113 Å². The summed E-state index contributed by atoms with van der Waals surface area (Å²) in [5.41, 5.74) is 8.49. The van der Waals surface area contributed by atoms with Gasteiger partial charge in [-0.3, -0.25) is 0 Å². The molecule has 2 aromatic rings. The van der Waals surface area contributed by atoms with E-state index in [9.17, 15) is 0 Å². The van der Waals surface area contributed by atoms with Crippen LogP contribution in [0.15, 0.2) is 48.5 Å². The van der Waals surface area contributed by atoms with Crippen LogP contribution in [0.4, 0.5) is 0 Å². The smallest absolute Gasteiger partial charge is 0.127 e. The first kappa shape index (κ1) is 12.1. The Kier molecular flexibility index (Phi) is 3.38. The van der Waals surface area contributed by atoms with Gasteiger partial charge < -0.3 is 15.2 Å². The van der Waals surface area contributed by atoms with E-state index in [1.807, 2.05) is 42.5 Å². The summed E-state index contributed by atoms with van der Waals surface area (Å²) >= 11 is 0. The highest BCUT2D eigenvalue weighted by Gasteiger charge is 2.20. The predicted octanol–water partition coefficient (Wildman–Crippen LogP) is 2.70. The number of nitrogens with two attached hydrogens (primary N) is 1. The average molecular weight is 255 g/mol. The van der Waals surface area contributed by atoms with Gasteiger partial charge in [0, 0.05) is 12.0 Å². The number of hydrogen-bond donors (Lipinski definition) is 1. The van der Waals surface area contributed by atoms with Crippen molar-refractivity contribution < 1.29 is 9.47 Å². The van der Waals surface area contributed by atoms with Gasteiger partial charge in [-0.25, -0.2) is 0 Å². The Morgan fingerprint density at radius 3 is 2.79 bits per heavy atom. The van der Waals surface area contributed by atoms with Crippen molar-refractivity contribution in [1.82, 2.24) is 0 Å². The van der Waals surface area contributed by atoms with Crippen molar-refractivity contribution in [2.45, 2.75) is 12.5 Å². The Morgan fingerprint density at radius 1 is 1.11 bits per heavy atom. The molecule has 1 aliphatic heterocycles. The van der Waals surface area contributed by atoms with Gasteiger partial charge in [0.25, 0.3) is 0 Å². The van der Waals surface area contributed by atoms with Crippen LogP contribution in [0, 0.1) is 0 Å². The van der Waals surface area contributed by atoms with Crippen molar-refractivity contribution in [3.05, 3.63) is 59.7 Å². The van der Waals surface area contributed by atoms with Gasteiger partial charge in [-0.2, -0.15) is 0 Å². The molecule has 0 radical (unpaired) electrons. The van der Waals surface area contributed by atoms with Gasteiger partial charge in [-0.05, 0) is 17.7 Å². The van der Waals surface area contributed by atoms with E-state index in [4.69, 9.17) is 15.2 Å². The highest BCUT2D eigenvalue weighted by molar-refractivity contribution is 5.45. The summed E-state index contributed by atoms with van der Waals surface area (Å²) in [6.07, 6.45) is 0.968. The summed E-state index contributed by atoms with van der Waals surface area (Å²) in [4.78, 5) is 0. The van der Waals surface area contributed by atoms with Crippen molar-refractivity contribution in [2.24, 2.45) is 5.73 Å². The van der Waals surface area contributed by atoms with Crippen LogP contribution >= 0.6 is 0 Å². The Morgan fingerprint density at radius 2 is 1.95 bits per heavy atom. The average Bonchev–Trinajstić information content (AvgIpc) is 2.94. The third-order valence-electron chi connectivity index (χ3n) is 3.32. The van der Waals surface area contributed by atoms with Gasteiger partial charge in [-0.15, -0.1) is 0 Å². The van der Waals surface area contributed by atoms with Crippen molar-refractivity contribution in [3.63, 3.8) is 0 Å². The van der Waals surface area contributed by atoms with Crippen LogP contribution in [0.2, 0.25) is 0 Å². The summed E-state index contributed by atoms with van der Waals surface area (Å²) in [5.74, 6) is 1.79. The Balaban J connectivity index is 1.71. The van der Waals surface area contributed by atoms with Crippen LogP contribution < -0.4 is 15.2 Å². The molecular formula is C16H17NO2. The molecule has 0 amide bonds. The molecule has 2 N–H and O–H groups in total. The van der Waals surface area contributed by atoms with Crippen molar-refractivity contribution in [1.29, 1.82) is 0 Å². The van der Waals surface area contributed by atoms with Gasteiger partial charge in [0.1, 0.15) is 18.1 Å². The Bertz CT molecular complexity index is 554. The normalized spacial score (nSPS) is 14.6. The quantitative estimate of drug-likeness (QED) is 0.913. The SMILES string of the molecule is NC(COc1ccccc1)c1cccc2c1OCC2. The molecule has 3 nitrogen and oxygen atoms in total. The topological polar surface area (TPSA) is 44.5 Å². The van der Waals surface area contributed by atoms with Crippen LogP contribution in [0.3, 0.4) is 0 Å². The minimum absolute atomic E-state index is 0.173. The summed E-state index contributed by atoms with van der Waals surface area (Å²) in [5, 5.41) is 0. The van der Waals surface area contributed by atoms with Gasteiger partial charge in [0.15, 0.2) is 0 Å². The first-order chi connectivity index (χ1) is 9.34. The van der Waals surface area contributed by atoms with E-state index in [0.717, 1.165) is 30.1 Å². The molecule has 98 valence electrons. The number of fused-ring (bicyclic) bond motifs is 1. The fourth-order valence-electron chi connectivity index (χ4n) is 2.33. The summed E-state index contributed by atoms with van der Waals surface area (Å²) in [7, 11) is 0. The number of benzene rings is 2. The van der Waals surface area contributed by atoms with Crippen molar-refractivity contribution in [3.8, 4) is 11.5 Å². The molecular weight excluding hydrogens is 238 g/mol. The minimum Gasteiger partial charge on any atom is -0.493 e. The molecule has 2 aromatic carbocycles. The lowest BCUT2D eigenvalue weighted by Crippen LogP contribution is -2.19. The Hall–Kier alpha value is -2.00. The standard InChI is InChI=1S/C16H17NO2/c17-15(11-19-13-6-2-1-3-7-13)14-8-4-5-12-9-10-18-16(12)14/h1-8,15H,9-11,17H2. The maximum Gasteiger partial charge on any atom is 0.127 e. The molecule has 0 spiro atoms. The van der Waals surface area contributed by atoms with Gasteiger partial charge in [0.2, 0.25) is 0 Å². The number of hydrogen-bond acceptors (Lipinski definition) is 3. The zero-order valence-electron chi connectivity index (χ0n) is 10.7. The monoisotopic (exact) mass is 255 g/mol. The molecule has 3 rings (SSSR count). The first-order valence-electron chi connectivity index (χ1n) is 6.52. The van der Waals surface area contributed by atoms with Crippen LogP contribution in [0.1, 0.15) is 17.2 Å². The highest BCUT2D eigenvalue weighted by atomic mass is 16.5. The third kappa shape index (κ3) is 2.56. The van der Waals surface area contributed by atoms with Crippen LogP contribution in [0.5, 0.6) is 11.5 Å². The van der Waals surface area contributed by atoms with E-state index in [-0.39, 0.29) is 6.04 Å². The lowest BCUT2D eigenvalue weighted by atomic mass is 10.0. The molecule has 1 aliphatic rings. The van der Waals surface area contributed by atoms with Crippen molar-refractivity contribution in [2.75, 3.05) is 13.2 Å². The van der Waals surface area contributed by atoms with Crippen LogP contribution in [0.25, 0.3) is 0 Å². The van der Waals surface area contributed by atoms with E-state index >= 15 is 0 Å². The summed E-state index contributed by atoms with van der Waals surface area (Å²) < 4.78 is 11.4. The fraction of sp³-hybridized carbons (Fsp3) is 0.250. The number of para-hydroxylation sites is 2. The van der Waals surface area contributed by atoms with Gasteiger partial charge in [-0.1, -0.05) is 36.4 Å². The molecule has 1 atom stereocenters. The number of rotatable bonds is 4. The molecule has 3 heteroatoms. The second-order valence-electron chi connectivity index (χ2n) is 4.66. The summed E-state index contributed by atoms with van der Waals surface area (Å²) in [6.45, 7) is 1.20. The third-order valence-corrected chi connectivity index (χ3v) is 3.32. The van der Waals surface area contributed by atoms with Crippen LogP contribution in [-0.2, 0) is 6.42 Å². The van der Waals surface area contributed by atoms with E-state index in [2.05, 4.69) is 6.07 Å². The van der Waals surface area contributed by atoms with Crippen molar-refractivity contribution >= 4 is 0 Å². The molecule has 0 fully saturated rings. The van der Waals surface area contributed by atoms with Gasteiger partial charge >= 0.3 is 0 Å². The molecule has 0 bridgehead atoms. The zero-order valence-corrected chi connectivity index (χ0v) is 10.7. The molecule has 0 saturated heterocycles. The largest absolute Gasteiger partial charge is 0.493 e. The molecule has 1 heterocycles. The lowest BCUT2D eigenvalue weighted by molar-refractivity contribution is 0.284. The predicted molar refractivity (Wildman–Crippen MR) is 74.5 cm³/mol. The summed E-state index contributed by atoms with van der Waals surface area (Å²) in [6, 6.07) is 15.7. The molecule has 1 unspecified atom stereocenters. The van der Waals surface area contributed by atoms with Crippen LogP contribution in [-0.4, -0.2) is 13.2 Å². The molecule has 19 heavy (non-hydrogen) atoms.